The van der Waals surface area contributed by atoms with Gasteiger partial charge in [0.2, 0.25) is 0 Å². The number of carbonyl (C=O) groups is 1. The van der Waals surface area contributed by atoms with E-state index in [1.165, 1.54) is 16.7 Å². The third kappa shape index (κ3) is 3.89. The van der Waals surface area contributed by atoms with Crippen LogP contribution in [0, 0.1) is 0 Å². The van der Waals surface area contributed by atoms with Gasteiger partial charge in [0.05, 0.1) is 15.6 Å². The Hall–Kier alpha value is -2.38. The molecule has 136 valence electrons. The number of hydrogen-bond donors (Lipinski definition) is 1. The summed E-state index contributed by atoms with van der Waals surface area (Å²) in [5, 5.41) is 10.5. The van der Waals surface area contributed by atoms with Crippen molar-refractivity contribution in [2.75, 3.05) is 0 Å². The van der Waals surface area contributed by atoms with Gasteiger partial charge < -0.3 is 14.4 Å². The highest BCUT2D eigenvalue weighted by Gasteiger charge is 2.31. The number of aromatic carboxylic acids is 1. The van der Waals surface area contributed by atoms with Crippen molar-refractivity contribution in [1.29, 1.82) is 0 Å². The van der Waals surface area contributed by atoms with Crippen LogP contribution in [-0.4, -0.2) is 22.0 Å². The fraction of sp³-hybridized carbons (Fsp3) is 0.118. The van der Waals surface area contributed by atoms with E-state index in [9.17, 15) is 23.1 Å². The molecule has 9 heteroatoms. The van der Waals surface area contributed by atoms with Gasteiger partial charge in [0, 0.05) is 18.0 Å². The minimum Gasteiger partial charge on any atom is -0.477 e. The normalized spacial score (nSPS) is 11.7. The summed E-state index contributed by atoms with van der Waals surface area (Å²) >= 11 is 11.8. The average Bonchev–Trinajstić information content (AvgIpc) is 2.88. The smallest absolute Gasteiger partial charge is 0.477 e. The van der Waals surface area contributed by atoms with Crippen LogP contribution in [0.3, 0.4) is 0 Å². The zero-order valence-electron chi connectivity index (χ0n) is 12.8. The average molecular weight is 404 g/mol. The molecule has 26 heavy (non-hydrogen) atoms. The van der Waals surface area contributed by atoms with Gasteiger partial charge in [0.25, 0.3) is 0 Å². The Morgan fingerprint density at radius 1 is 1.08 bits per heavy atom. The van der Waals surface area contributed by atoms with Gasteiger partial charge in [-0.05, 0) is 35.9 Å². The van der Waals surface area contributed by atoms with Crippen LogP contribution < -0.4 is 4.74 Å². The number of nitrogens with zero attached hydrogens (tertiary/aromatic N) is 1. The third-order valence-corrected chi connectivity index (χ3v) is 4.39. The second-order valence-electron chi connectivity index (χ2n) is 5.44. The van der Waals surface area contributed by atoms with Crippen molar-refractivity contribution < 1.29 is 27.8 Å². The molecule has 0 fully saturated rings. The van der Waals surface area contributed by atoms with E-state index in [1.54, 1.807) is 18.2 Å². The molecule has 0 saturated carbocycles. The molecule has 0 saturated heterocycles. The molecule has 0 aliphatic rings. The maximum absolute atomic E-state index is 12.5. The van der Waals surface area contributed by atoms with Crippen LogP contribution >= 0.6 is 23.2 Å². The molecule has 3 aromatic rings. The summed E-state index contributed by atoms with van der Waals surface area (Å²) < 4.78 is 42.7. The maximum atomic E-state index is 12.5. The number of carboxylic acids is 1. The second kappa shape index (κ2) is 6.74. The molecule has 4 nitrogen and oxygen atoms in total. The zero-order valence-corrected chi connectivity index (χ0v) is 14.4. The number of fused-ring (bicyclic) bond motifs is 1. The predicted molar refractivity (Wildman–Crippen MR) is 91.1 cm³/mol. The molecular formula is C17H10Cl2F3NO3. The van der Waals surface area contributed by atoms with Gasteiger partial charge in [0.1, 0.15) is 11.4 Å². The molecule has 0 aliphatic heterocycles. The van der Waals surface area contributed by atoms with E-state index in [0.717, 1.165) is 12.1 Å². The Labute approximate surface area is 155 Å². The molecule has 0 bridgehead atoms. The minimum atomic E-state index is -4.84. The number of carboxylic acid groups (broad SMARTS) is 1. The van der Waals surface area contributed by atoms with Crippen LogP contribution in [0.4, 0.5) is 13.2 Å². The molecule has 1 heterocycles. The first-order chi connectivity index (χ1) is 12.1. The molecule has 0 atom stereocenters. The van der Waals surface area contributed by atoms with Crippen LogP contribution in [0.1, 0.15) is 16.1 Å². The molecule has 0 amide bonds. The highest BCUT2D eigenvalue weighted by molar-refractivity contribution is 6.42. The molecule has 0 unspecified atom stereocenters. The van der Waals surface area contributed by atoms with Crippen LogP contribution in [0.2, 0.25) is 10.0 Å². The van der Waals surface area contributed by atoms with E-state index in [-0.39, 0.29) is 17.8 Å². The van der Waals surface area contributed by atoms with E-state index >= 15 is 0 Å². The molecule has 1 N–H and O–H groups in total. The summed E-state index contributed by atoms with van der Waals surface area (Å²) in [6.45, 7) is 0.0808. The summed E-state index contributed by atoms with van der Waals surface area (Å²) in [6.07, 6.45) is -4.84. The van der Waals surface area contributed by atoms with Crippen molar-refractivity contribution >= 4 is 40.1 Å². The number of rotatable bonds is 4. The van der Waals surface area contributed by atoms with Crippen LogP contribution in [0.5, 0.6) is 5.75 Å². The Morgan fingerprint density at radius 3 is 2.42 bits per heavy atom. The monoisotopic (exact) mass is 403 g/mol. The molecular weight excluding hydrogens is 394 g/mol. The number of ether oxygens (including phenoxy) is 1. The first-order valence-electron chi connectivity index (χ1n) is 7.20. The van der Waals surface area contributed by atoms with Crippen LogP contribution in [-0.2, 0) is 6.54 Å². The van der Waals surface area contributed by atoms with E-state index in [4.69, 9.17) is 23.2 Å². The van der Waals surface area contributed by atoms with Gasteiger partial charge in [-0.1, -0.05) is 29.3 Å². The van der Waals surface area contributed by atoms with Crippen molar-refractivity contribution in [2.24, 2.45) is 0 Å². The standard InChI is InChI=1S/C17H10Cl2F3NO3/c18-12-4-1-9(5-13(12)19)8-23-14-7-11(26-17(20,21)22)3-2-10(14)6-15(23)16(24)25/h1-7H,8H2,(H,24,25). The maximum Gasteiger partial charge on any atom is 0.573 e. The molecule has 2 aromatic carbocycles. The number of alkyl halides is 3. The first kappa shape index (κ1) is 18.4. The van der Waals surface area contributed by atoms with Crippen molar-refractivity contribution in [1.82, 2.24) is 4.57 Å². The Bertz CT molecular complexity index is 999. The highest BCUT2D eigenvalue weighted by atomic mass is 35.5. The summed E-state index contributed by atoms with van der Waals surface area (Å²) in [5.41, 5.74) is 0.854. The van der Waals surface area contributed by atoms with Gasteiger partial charge in [-0.3, -0.25) is 0 Å². The van der Waals surface area contributed by atoms with E-state index in [2.05, 4.69) is 4.74 Å². The summed E-state index contributed by atoms with van der Waals surface area (Å²) in [7, 11) is 0. The second-order valence-corrected chi connectivity index (χ2v) is 6.25. The van der Waals surface area contributed by atoms with Crippen molar-refractivity contribution in [3.63, 3.8) is 0 Å². The lowest BCUT2D eigenvalue weighted by Crippen LogP contribution is -2.17. The Morgan fingerprint density at radius 2 is 1.81 bits per heavy atom. The highest BCUT2D eigenvalue weighted by Crippen LogP contribution is 2.30. The number of benzene rings is 2. The quantitative estimate of drug-likeness (QED) is 0.617. The fourth-order valence-electron chi connectivity index (χ4n) is 2.60. The summed E-state index contributed by atoms with van der Waals surface area (Å²) in [5.74, 6) is -1.64. The van der Waals surface area contributed by atoms with Crippen molar-refractivity contribution in [2.45, 2.75) is 12.9 Å². The number of hydrogen-bond acceptors (Lipinski definition) is 2. The lowest BCUT2D eigenvalue weighted by Gasteiger charge is -2.12. The predicted octanol–water partition coefficient (Wildman–Crippen LogP) is 5.59. The van der Waals surface area contributed by atoms with Crippen LogP contribution in [0.25, 0.3) is 10.9 Å². The van der Waals surface area contributed by atoms with Crippen molar-refractivity contribution in [3.8, 4) is 5.75 Å². The van der Waals surface area contributed by atoms with Gasteiger partial charge in [-0.2, -0.15) is 0 Å². The van der Waals surface area contributed by atoms with Gasteiger partial charge >= 0.3 is 12.3 Å². The van der Waals surface area contributed by atoms with E-state index in [1.807, 2.05) is 0 Å². The fourth-order valence-corrected chi connectivity index (χ4v) is 2.92. The largest absolute Gasteiger partial charge is 0.573 e. The summed E-state index contributed by atoms with van der Waals surface area (Å²) in [6, 6.07) is 9.81. The topological polar surface area (TPSA) is 51.5 Å². The van der Waals surface area contributed by atoms with E-state index < -0.39 is 18.1 Å². The lowest BCUT2D eigenvalue weighted by molar-refractivity contribution is -0.274. The zero-order chi connectivity index (χ0) is 19.1. The van der Waals surface area contributed by atoms with Crippen LogP contribution in [0.15, 0.2) is 42.5 Å². The SMILES string of the molecule is O=C(O)c1cc2ccc(OC(F)(F)F)cc2n1Cc1ccc(Cl)c(Cl)c1. The van der Waals surface area contributed by atoms with Gasteiger partial charge in [-0.15, -0.1) is 13.2 Å². The molecule has 1 aromatic heterocycles. The number of aromatic nitrogens is 1. The molecule has 0 radical (unpaired) electrons. The third-order valence-electron chi connectivity index (χ3n) is 3.65. The first-order valence-corrected chi connectivity index (χ1v) is 7.96. The Balaban J connectivity index is 2.10. The Kier molecular flexibility index (Phi) is 4.77. The lowest BCUT2D eigenvalue weighted by atomic mass is 10.2. The molecule has 0 spiro atoms. The van der Waals surface area contributed by atoms with Gasteiger partial charge in [-0.25, -0.2) is 4.79 Å². The van der Waals surface area contributed by atoms with Gasteiger partial charge in [0.15, 0.2) is 0 Å². The minimum absolute atomic E-state index is 0.0739. The van der Waals surface area contributed by atoms with E-state index in [0.29, 0.717) is 21.0 Å². The molecule has 0 aliphatic carbocycles. The van der Waals surface area contributed by atoms with Crippen molar-refractivity contribution in [3.05, 3.63) is 63.8 Å². The summed E-state index contributed by atoms with van der Waals surface area (Å²) in [4.78, 5) is 11.5. The molecule has 3 rings (SSSR count). The number of halogens is 5.